The summed E-state index contributed by atoms with van der Waals surface area (Å²) >= 11 is 0. The number of hydrogen-bond acceptors (Lipinski definition) is 8. The molecule has 3 aliphatic rings. The second kappa shape index (κ2) is 8.83. The normalized spacial score (nSPS) is 24.4. The minimum absolute atomic E-state index is 0.0379. The highest BCUT2D eigenvalue weighted by molar-refractivity contribution is 5.93. The lowest BCUT2D eigenvalue weighted by atomic mass is 9.82. The monoisotopic (exact) mass is 519 g/mol. The first kappa shape index (κ1) is 24.9. The molecule has 38 heavy (non-hydrogen) atoms. The SMILES string of the molecule is Cn1nc(-c2ncco2)cc1C(=O)N1C[C@@H]2[C@H](C1)[C@@H]2Oc1cc(C(C)(C)N)cc(N2CCC(C)(C)CC2)n1. The number of fused-ring (bicyclic) bond motifs is 1. The van der Waals surface area contributed by atoms with Crippen LogP contribution in [0.1, 0.15) is 56.6 Å². The Kier molecular flexibility index (Phi) is 5.79. The van der Waals surface area contributed by atoms with Crippen LogP contribution in [0.25, 0.3) is 11.6 Å². The molecule has 1 amide bonds. The topological polar surface area (TPSA) is 116 Å². The number of nitrogens with zero attached hydrogens (tertiary/aromatic N) is 6. The predicted molar refractivity (Wildman–Crippen MR) is 143 cm³/mol. The summed E-state index contributed by atoms with van der Waals surface area (Å²) in [4.78, 5) is 26.5. The van der Waals surface area contributed by atoms with Crippen molar-refractivity contribution in [3.8, 4) is 17.5 Å². The largest absolute Gasteiger partial charge is 0.474 e. The van der Waals surface area contributed by atoms with Crippen molar-refractivity contribution >= 4 is 11.7 Å². The van der Waals surface area contributed by atoms with Crippen LogP contribution in [0.15, 0.2) is 35.1 Å². The van der Waals surface area contributed by atoms with Crippen LogP contribution in [-0.2, 0) is 12.6 Å². The Bertz CT molecular complexity index is 1320. The van der Waals surface area contributed by atoms with Gasteiger partial charge in [-0.3, -0.25) is 9.48 Å². The van der Waals surface area contributed by atoms with Gasteiger partial charge in [-0.15, -0.1) is 0 Å². The average molecular weight is 520 g/mol. The Morgan fingerprint density at radius 1 is 1.16 bits per heavy atom. The van der Waals surface area contributed by atoms with Crippen molar-refractivity contribution in [2.75, 3.05) is 31.1 Å². The minimum atomic E-state index is -0.499. The van der Waals surface area contributed by atoms with Crippen LogP contribution >= 0.6 is 0 Å². The molecule has 3 aromatic rings. The van der Waals surface area contributed by atoms with Gasteiger partial charge in [0, 0.05) is 62.7 Å². The Labute approximate surface area is 223 Å². The van der Waals surface area contributed by atoms with Gasteiger partial charge < -0.3 is 24.7 Å². The number of carbonyl (C=O) groups is 1. The Balaban J connectivity index is 1.13. The molecule has 0 radical (unpaired) electrons. The van der Waals surface area contributed by atoms with E-state index in [1.165, 1.54) is 6.26 Å². The maximum absolute atomic E-state index is 13.2. The lowest BCUT2D eigenvalue weighted by molar-refractivity contribution is 0.0740. The lowest BCUT2D eigenvalue weighted by Gasteiger charge is -2.38. The van der Waals surface area contributed by atoms with Crippen molar-refractivity contribution in [3.63, 3.8) is 0 Å². The molecule has 2 N–H and O–H groups in total. The smallest absolute Gasteiger partial charge is 0.272 e. The molecular formula is C28H37N7O3. The van der Waals surface area contributed by atoms with Gasteiger partial charge in [0.1, 0.15) is 29.6 Å². The number of oxazole rings is 1. The average Bonchev–Trinajstić information content (AvgIpc) is 3.36. The van der Waals surface area contributed by atoms with E-state index < -0.39 is 5.54 Å². The van der Waals surface area contributed by atoms with Gasteiger partial charge in [-0.1, -0.05) is 13.8 Å². The fourth-order valence-corrected chi connectivity index (χ4v) is 5.66. The van der Waals surface area contributed by atoms with Gasteiger partial charge in [-0.25, -0.2) is 4.98 Å². The molecule has 3 fully saturated rings. The van der Waals surface area contributed by atoms with Crippen LogP contribution in [0, 0.1) is 17.3 Å². The summed E-state index contributed by atoms with van der Waals surface area (Å²) in [6.45, 7) is 11.9. The molecule has 0 unspecified atom stereocenters. The highest BCUT2D eigenvalue weighted by Crippen LogP contribution is 2.48. The van der Waals surface area contributed by atoms with Crippen LogP contribution in [0.5, 0.6) is 5.88 Å². The van der Waals surface area contributed by atoms with Crippen molar-refractivity contribution in [1.29, 1.82) is 0 Å². The number of hydrogen-bond donors (Lipinski definition) is 1. The molecule has 3 atom stereocenters. The summed E-state index contributed by atoms with van der Waals surface area (Å²) in [5.74, 6) is 2.53. The summed E-state index contributed by atoms with van der Waals surface area (Å²) < 4.78 is 13.4. The molecule has 2 saturated heterocycles. The molecule has 0 bridgehead atoms. The zero-order valence-corrected chi connectivity index (χ0v) is 22.8. The number of ether oxygens (including phenoxy) is 1. The zero-order valence-electron chi connectivity index (χ0n) is 22.8. The summed E-state index contributed by atoms with van der Waals surface area (Å²) in [6, 6.07) is 5.83. The number of pyridine rings is 1. The summed E-state index contributed by atoms with van der Waals surface area (Å²) in [6.07, 6.45) is 5.39. The highest BCUT2D eigenvalue weighted by atomic mass is 16.5. The molecule has 0 aromatic carbocycles. The van der Waals surface area contributed by atoms with Crippen molar-refractivity contribution < 1.29 is 13.9 Å². The molecule has 10 nitrogen and oxygen atoms in total. The molecule has 2 aliphatic heterocycles. The van der Waals surface area contributed by atoms with E-state index in [0.29, 0.717) is 53.5 Å². The number of piperidine rings is 2. The minimum Gasteiger partial charge on any atom is -0.474 e. The zero-order chi connectivity index (χ0) is 26.8. The van der Waals surface area contributed by atoms with E-state index >= 15 is 0 Å². The summed E-state index contributed by atoms with van der Waals surface area (Å²) in [5, 5.41) is 4.39. The van der Waals surface area contributed by atoms with Crippen LogP contribution < -0.4 is 15.4 Å². The number of amides is 1. The van der Waals surface area contributed by atoms with Gasteiger partial charge in [0.15, 0.2) is 0 Å². The van der Waals surface area contributed by atoms with Gasteiger partial charge in [0.25, 0.3) is 5.91 Å². The Hall–Kier alpha value is -3.40. The highest BCUT2D eigenvalue weighted by Gasteiger charge is 2.59. The lowest BCUT2D eigenvalue weighted by Crippen LogP contribution is -2.38. The van der Waals surface area contributed by atoms with Gasteiger partial charge in [0.05, 0.1) is 6.20 Å². The molecule has 10 heteroatoms. The second-order valence-corrected chi connectivity index (χ2v) is 12.4. The van der Waals surface area contributed by atoms with Crippen LogP contribution in [-0.4, -0.2) is 62.8 Å². The quantitative estimate of drug-likeness (QED) is 0.527. The first-order valence-corrected chi connectivity index (χ1v) is 13.4. The number of carbonyl (C=O) groups excluding carboxylic acids is 1. The molecule has 1 aliphatic carbocycles. The number of aromatic nitrogens is 4. The first-order chi connectivity index (χ1) is 18.0. The van der Waals surface area contributed by atoms with Crippen molar-refractivity contribution in [2.45, 2.75) is 52.2 Å². The van der Waals surface area contributed by atoms with E-state index in [-0.39, 0.29) is 12.0 Å². The van der Waals surface area contributed by atoms with Crippen molar-refractivity contribution in [2.24, 2.45) is 30.0 Å². The second-order valence-electron chi connectivity index (χ2n) is 12.4. The third-order valence-corrected chi connectivity index (χ3v) is 8.38. The Morgan fingerprint density at radius 2 is 1.87 bits per heavy atom. The summed E-state index contributed by atoms with van der Waals surface area (Å²) in [5.41, 5.74) is 8.44. The Morgan fingerprint density at radius 3 is 2.50 bits per heavy atom. The third kappa shape index (κ3) is 4.66. The molecule has 3 aromatic heterocycles. The molecule has 202 valence electrons. The number of rotatable bonds is 6. The van der Waals surface area contributed by atoms with Crippen LogP contribution in [0.4, 0.5) is 5.82 Å². The molecule has 0 spiro atoms. The third-order valence-electron chi connectivity index (χ3n) is 8.38. The number of aryl methyl sites for hydroxylation is 1. The van der Waals surface area contributed by atoms with Crippen molar-refractivity contribution in [3.05, 3.63) is 41.9 Å². The van der Waals surface area contributed by atoms with Crippen LogP contribution in [0.2, 0.25) is 0 Å². The van der Waals surface area contributed by atoms with E-state index in [9.17, 15) is 4.79 Å². The molecule has 1 saturated carbocycles. The maximum atomic E-state index is 13.2. The van der Waals surface area contributed by atoms with Gasteiger partial charge >= 0.3 is 0 Å². The van der Waals surface area contributed by atoms with Gasteiger partial charge in [0.2, 0.25) is 11.8 Å². The molecular weight excluding hydrogens is 482 g/mol. The summed E-state index contributed by atoms with van der Waals surface area (Å²) in [7, 11) is 1.76. The number of anilines is 1. The van der Waals surface area contributed by atoms with E-state index in [1.807, 2.05) is 24.8 Å². The number of nitrogens with two attached hydrogens (primary N) is 1. The fourth-order valence-electron chi connectivity index (χ4n) is 5.66. The first-order valence-electron chi connectivity index (χ1n) is 13.4. The van der Waals surface area contributed by atoms with Crippen LogP contribution in [0.3, 0.4) is 0 Å². The van der Waals surface area contributed by atoms with E-state index in [0.717, 1.165) is 37.3 Å². The van der Waals surface area contributed by atoms with Crippen molar-refractivity contribution in [1.82, 2.24) is 24.6 Å². The maximum Gasteiger partial charge on any atom is 0.272 e. The van der Waals surface area contributed by atoms with E-state index in [2.05, 4.69) is 34.9 Å². The predicted octanol–water partition coefficient (Wildman–Crippen LogP) is 3.44. The van der Waals surface area contributed by atoms with Gasteiger partial charge in [-0.2, -0.15) is 10.1 Å². The molecule has 6 rings (SSSR count). The van der Waals surface area contributed by atoms with E-state index in [1.54, 1.807) is 24.0 Å². The standard InChI is InChI=1S/C28H37N7O3/c1-27(2)6-9-34(10-7-27)22-12-17(28(3,4)29)13-23(31-22)38-24-18-15-35(16-19(18)24)26(36)21-14-20(32-33(21)5)25-30-8-11-37-25/h8,11-14,18-19,24H,6-7,9-10,15-16,29H2,1-5H3/t18-,19+,24-. The van der Waals surface area contributed by atoms with E-state index in [4.69, 9.17) is 19.9 Å². The number of likely N-dealkylation sites (tertiary alicyclic amines) is 1. The molecule has 5 heterocycles. The fraction of sp³-hybridized carbons (Fsp3) is 0.571. The van der Waals surface area contributed by atoms with Gasteiger partial charge in [-0.05, 0) is 43.7 Å².